The van der Waals surface area contributed by atoms with Gasteiger partial charge in [0.05, 0.1) is 19.0 Å². The van der Waals surface area contributed by atoms with E-state index in [2.05, 4.69) is 0 Å². The van der Waals surface area contributed by atoms with Crippen LogP contribution in [0.5, 0.6) is 5.75 Å². The molecule has 2 N–H and O–H groups in total. The quantitative estimate of drug-likeness (QED) is 0.791. The van der Waals surface area contributed by atoms with Gasteiger partial charge in [-0.15, -0.1) is 0 Å². The lowest BCUT2D eigenvalue weighted by Gasteiger charge is -1.97. The molecule has 14 heavy (non-hydrogen) atoms. The zero-order valence-electron chi connectivity index (χ0n) is 8.33. The van der Waals surface area contributed by atoms with E-state index in [0.29, 0.717) is 12.3 Å². The van der Waals surface area contributed by atoms with Gasteiger partial charge in [0.1, 0.15) is 5.58 Å². The molecule has 0 unspecified atom stereocenters. The first-order chi connectivity index (χ1) is 6.77. The lowest BCUT2D eigenvalue weighted by atomic mass is 10.1. The molecule has 3 nitrogen and oxygen atoms in total. The van der Waals surface area contributed by atoms with Crippen LogP contribution in [0.1, 0.15) is 11.3 Å². The highest BCUT2D eigenvalue weighted by atomic mass is 16.5. The van der Waals surface area contributed by atoms with E-state index >= 15 is 0 Å². The Balaban J connectivity index is 2.79. The highest BCUT2D eigenvalue weighted by Crippen LogP contribution is 2.34. The Bertz CT molecular complexity index is 460. The molecule has 74 valence electrons. The van der Waals surface area contributed by atoms with E-state index in [1.165, 1.54) is 0 Å². The van der Waals surface area contributed by atoms with Crippen LogP contribution in [0, 0.1) is 6.92 Å². The molecule has 0 saturated carbocycles. The molecule has 0 saturated heterocycles. The number of para-hydroxylation sites is 1. The largest absolute Gasteiger partial charge is 0.492 e. The maximum Gasteiger partial charge on any atom is 0.169 e. The van der Waals surface area contributed by atoms with Crippen LogP contribution in [0.3, 0.4) is 0 Å². The van der Waals surface area contributed by atoms with Gasteiger partial charge in [-0.2, -0.15) is 0 Å². The summed E-state index contributed by atoms with van der Waals surface area (Å²) in [5, 5.41) is 0.993. The number of aryl methyl sites for hydroxylation is 1. The van der Waals surface area contributed by atoms with E-state index in [9.17, 15) is 0 Å². The second-order valence-electron chi connectivity index (χ2n) is 3.21. The van der Waals surface area contributed by atoms with Crippen molar-refractivity contribution in [3.05, 3.63) is 29.5 Å². The van der Waals surface area contributed by atoms with E-state index < -0.39 is 0 Å². The molecule has 1 heterocycles. The monoisotopic (exact) mass is 191 g/mol. The van der Waals surface area contributed by atoms with Crippen LogP contribution in [0.4, 0.5) is 0 Å². The third-order valence-corrected chi connectivity index (χ3v) is 2.32. The summed E-state index contributed by atoms with van der Waals surface area (Å²) in [7, 11) is 1.63. The predicted octanol–water partition coefficient (Wildman–Crippen LogP) is 2.21. The maximum atomic E-state index is 5.62. The van der Waals surface area contributed by atoms with Crippen molar-refractivity contribution in [2.75, 3.05) is 7.11 Å². The van der Waals surface area contributed by atoms with Crippen molar-refractivity contribution in [1.82, 2.24) is 0 Å². The Morgan fingerprint density at radius 2 is 2.21 bits per heavy atom. The van der Waals surface area contributed by atoms with Gasteiger partial charge in [-0.05, 0) is 18.6 Å². The summed E-state index contributed by atoms with van der Waals surface area (Å²) >= 11 is 0. The smallest absolute Gasteiger partial charge is 0.169 e. The molecular formula is C11H13NO2. The minimum Gasteiger partial charge on any atom is -0.492 e. The van der Waals surface area contributed by atoms with E-state index in [1.807, 2.05) is 25.1 Å². The van der Waals surface area contributed by atoms with E-state index in [4.69, 9.17) is 14.9 Å². The summed E-state index contributed by atoms with van der Waals surface area (Å²) in [6.45, 7) is 2.36. The average molecular weight is 191 g/mol. The van der Waals surface area contributed by atoms with Crippen molar-refractivity contribution in [2.45, 2.75) is 13.5 Å². The molecule has 0 atom stereocenters. The molecule has 0 spiro atoms. The molecule has 2 rings (SSSR count). The second-order valence-corrected chi connectivity index (χ2v) is 3.21. The summed E-state index contributed by atoms with van der Waals surface area (Å²) in [5.74, 6) is 1.46. The van der Waals surface area contributed by atoms with Crippen LogP contribution in [0.15, 0.2) is 22.6 Å². The fourth-order valence-corrected chi connectivity index (χ4v) is 1.64. The average Bonchev–Trinajstić information content (AvgIpc) is 2.57. The van der Waals surface area contributed by atoms with Crippen molar-refractivity contribution in [3.8, 4) is 5.75 Å². The molecule has 0 aliphatic rings. The minimum atomic E-state index is 0.358. The standard InChI is InChI=1S/C11H13NO2/c1-7-4-3-5-8-10(7)14-9(6-12)11(8)13-2/h3-5H,6,12H2,1-2H3. The van der Waals surface area contributed by atoms with Crippen LogP contribution < -0.4 is 10.5 Å². The van der Waals surface area contributed by atoms with Crippen LogP contribution in [0.2, 0.25) is 0 Å². The zero-order chi connectivity index (χ0) is 10.1. The summed E-state index contributed by atoms with van der Waals surface area (Å²) in [6.07, 6.45) is 0. The summed E-state index contributed by atoms with van der Waals surface area (Å²) in [4.78, 5) is 0. The second kappa shape index (κ2) is 3.35. The molecule has 2 aromatic rings. The van der Waals surface area contributed by atoms with Crippen molar-refractivity contribution in [1.29, 1.82) is 0 Å². The number of fused-ring (bicyclic) bond motifs is 1. The Morgan fingerprint density at radius 3 is 2.86 bits per heavy atom. The van der Waals surface area contributed by atoms with E-state index in [1.54, 1.807) is 7.11 Å². The molecule has 0 fully saturated rings. The van der Waals surface area contributed by atoms with Gasteiger partial charge in [0.2, 0.25) is 0 Å². The third-order valence-electron chi connectivity index (χ3n) is 2.32. The van der Waals surface area contributed by atoms with Gasteiger partial charge in [0.25, 0.3) is 0 Å². The molecule has 0 aliphatic heterocycles. The molecule has 3 heteroatoms. The zero-order valence-corrected chi connectivity index (χ0v) is 8.33. The Labute approximate surface area is 82.5 Å². The molecule has 1 aromatic carbocycles. The first kappa shape index (κ1) is 9.09. The highest BCUT2D eigenvalue weighted by molar-refractivity contribution is 5.87. The minimum absolute atomic E-state index is 0.358. The molecule has 0 aliphatic carbocycles. The van der Waals surface area contributed by atoms with Crippen LogP contribution >= 0.6 is 0 Å². The number of ether oxygens (including phenoxy) is 1. The van der Waals surface area contributed by atoms with Gasteiger partial charge in [0, 0.05) is 0 Å². The highest BCUT2D eigenvalue weighted by Gasteiger charge is 2.14. The van der Waals surface area contributed by atoms with Crippen molar-refractivity contribution < 1.29 is 9.15 Å². The molecule has 1 aromatic heterocycles. The van der Waals surface area contributed by atoms with Gasteiger partial charge in [-0.3, -0.25) is 0 Å². The number of benzene rings is 1. The number of hydrogen-bond donors (Lipinski definition) is 1. The van der Waals surface area contributed by atoms with Gasteiger partial charge in [-0.25, -0.2) is 0 Å². The third kappa shape index (κ3) is 1.17. The summed E-state index contributed by atoms with van der Waals surface area (Å²) in [5.41, 5.74) is 7.53. The Hall–Kier alpha value is -1.48. The molecular weight excluding hydrogens is 178 g/mol. The van der Waals surface area contributed by atoms with E-state index in [-0.39, 0.29) is 0 Å². The fraction of sp³-hybridized carbons (Fsp3) is 0.273. The number of rotatable bonds is 2. The number of nitrogens with two attached hydrogens (primary N) is 1. The molecule has 0 bridgehead atoms. The Kier molecular flexibility index (Phi) is 2.17. The number of furan rings is 1. The topological polar surface area (TPSA) is 48.4 Å². The number of methoxy groups -OCH3 is 1. The van der Waals surface area contributed by atoms with E-state index in [0.717, 1.165) is 22.3 Å². The van der Waals surface area contributed by atoms with Gasteiger partial charge in [0.15, 0.2) is 11.5 Å². The van der Waals surface area contributed by atoms with Crippen molar-refractivity contribution in [3.63, 3.8) is 0 Å². The van der Waals surface area contributed by atoms with Gasteiger partial charge in [-0.1, -0.05) is 12.1 Å². The SMILES string of the molecule is COc1c(CN)oc2c(C)cccc12. The van der Waals surface area contributed by atoms with Crippen LogP contribution in [-0.2, 0) is 6.54 Å². The number of hydrogen-bond acceptors (Lipinski definition) is 3. The summed E-state index contributed by atoms with van der Waals surface area (Å²) < 4.78 is 10.9. The normalized spacial score (nSPS) is 10.8. The van der Waals surface area contributed by atoms with Crippen LogP contribution in [0.25, 0.3) is 11.0 Å². The van der Waals surface area contributed by atoms with Crippen LogP contribution in [-0.4, -0.2) is 7.11 Å². The van der Waals surface area contributed by atoms with Crippen molar-refractivity contribution >= 4 is 11.0 Å². The first-order valence-corrected chi connectivity index (χ1v) is 4.53. The van der Waals surface area contributed by atoms with Gasteiger partial charge >= 0.3 is 0 Å². The predicted molar refractivity (Wildman–Crippen MR) is 55.4 cm³/mol. The maximum absolute atomic E-state index is 5.62. The lowest BCUT2D eigenvalue weighted by molar-refractivity contribution is 0.396. The summed E-state index contributed by atoms with van der Waals surface area (Å²) in [6, 6.07) is 5.96. The lowest BCUT2D eigenvalue weighted by Crippen LogP contribution is -1.96. The van der Waals surface area contributed by atoms with Crippen molar-refractivity contribution in [2.24, 2.45) is 5.73 Å². The molecule has 0 amide bonds. The Morgan fingerprint density at radius 1 is 1.43 bits per heavy atom. The molecule has 0 radical (unpaired) electrons. The fourth-order valence-electron chi connectivity index (χ4n) is 1.64. The van der Waals surface area contributed by atoms with Gasteiger partial charge < -0.3 is 14.9 Å². The first-order valence-electron chi connectivity index (χ1n) is 4.53.